The molecule has 204 valence electrons. The van der Waals surface area contributed by atoms with Crippen molar-refractivity contribution in [2.24, 2.45) is 0 Å². The van der Waals surface area contributed by atoms with Crippen LogP contribution in [0.4, 0.5) is 0 Å². The molecule has 2 aliphatic rings. The second kappa shape index (κ2) is 11.4. The summed E-state index contributed by atoms with van der Waals surface area (Å²) in [6, 6.07) is 18.3. The first-order valence-electron chi connectivity index (χ1n) is 13.4. The molecule has 5 rings (SSSR count). The molecule has 1 saturated heterocycles. The van der Waals surface area contributed by atoms with Gasteiger partial charge in [-0.25, -0.2) is 0 Å². The summed E-state index contributed by atoms with van der Waals surface area (Å²) in [6.45, 7) is 8.09. The Hall–Kier alpha value is -4.00. The van der Waals surface area contributed by atoms with E-state index in [1.807, 2.05) is 23.1 Å². The van der Waals surface area contributed by atoms with Crippen LogP contribution in [0.3, 0.4) is 0 Å². The van der Waals surface area contributed by atoms with E-state index in [-0.39, 0.29) is 23.9 Å². The molecule has 2 heterocycles. The van der Waals surface area contributed by atoms with Crippen molar-refractivity contribution in [3.05, 3.63) is 76.9 Å². The van der Waals surface area contributed by atoms with Gasteiger partial charge in [0.1, 0.15) is 30.0 Å². The number of aryl methyl sites for hydroxylation is 2. The van der Waals surface area contributed by atoms with Crippen LogP contribution in [0.1, 0.15) is 47.9 Å². The number of benzene rings is 3. The molecule has 0 saturated carbocycles. The molecular weight excluding hydrogens is 494 g/mol. The van der Waals surface area contributed by atoms with Gasteiger partial charge in [-0.2, -0.15) is 0 Å². The van der Waals surface area contributed by atoms with E-state index in [0.29, 0.717) is 26.2 Å². The quantitative estimate of drug-likeness (QED) is 0.354. The van der Waals surface area contributed by atoms with Gasteiger partial charge in [0.15, 0.2) is 0 Å². The normalized spacial score (nSPS) is 17.9. The van der Waals surface area contributed by atoms with Crippen LogP contribution in [0.2, 0.25) is 0 Å². The summed E-state index contributed by atoms with van der Waals surface area (Å²) in [7, 11) is 1.40. The van der Waals surface area contributed by atoms with E-state index < -0.39 is 0 Å². The van der Waals surface area contributed by atoms with Gasteiger partial charge in [-0.3, -0.25) is 9.59 Å². The van der Waals surface area contributed by atoms with Crippen molar-refractivity contribution in [3.8, 4) is 28.4 Å². The minimum absolute atomic E-state index is 0.00912. The lowest BCUT2D eigenvalue weighted by atomic mass is 9.94. The van der Waals surface area contributed by atoms with E-state index in [2.05, 4.69) is 50.2 Å². The van der Waals surface area contributed by atoms with Crippen molar-refractivity contribution < 1.29 is 28.5 Å². The Morgan fingerprint density at radius 3 is 2.54 bits per heavy atom. The van der Waals surface area contributed by atoms with Gasteiger partial charge in [-0.05, 0) is 65.9 Å². The predicted molar refractivity (Wildman–Crippen MR) is 148 cm³/mol. The standard InChI is InChI=1S/C32H35NO6/c1-20-12-28(39-27-10-11-33(17-27)22(3)34)13-21(2)32(20)24-7-5-6-23(14-24)18-37-26-8-9-29-25(15-31(35)36-4)19-38-30(29)16-26/h5-9,12-14,16,25,27H,10-11,15,17-19H2,1-4H3. The minimum Gasteiger partial charge on any atom is -0.492 e. The zero-order chi connectivity index (χ0) is 27.5. The molecule has 3 aromatic rings. The summed E-state index contributed by atoms with van der Waals surface area (Å²) in [5.41, 5.74) is 6.67. The van der Waals surface area contributed by atoms with Crippen molar-refractivity contribution in [1.29, 1.82) is 0 Å². The van der Waals surface area contributed by atoms with Gasteiger partial charge < -0.3 is 23.8 Å². The molecule has 0 aromatic heterocycles. The second-order valence-electron chi connectivity index (χ2n) is 10.4. The summed E-state index contributed by atoms with van der Waals surface area (Å²) >= 11 is 0. The van der Waals surface area contributed by atoms with Gasteiger partial charge in [0.2, 0.25) is 5.91 Å². The number of hydrogen-bond acceptors (Lipinski definition) is 6. The molecular formula is C32H35NO6. The summed E-state index contributed by atoms with van der Waals surface area (Å²) in [6.07, 6.45) is 1.19. The van der Waals surface area contributed by atoms with Gasteiger partial charge >= 0.3 is 5.97 Å². The summed E-state index contributed by atoms with van der Waals surface area (Å²) in [4.78, 5) is 25.2. The Balaban J connectivity index is 1.25. The Kier molecular flexibility index (Phi) is 7.77. The SMILES string of the molecule is COC(=O)CC1COc2cc(OCc3cccc(-c4c(C)cc(OC5CCN(C(C)=O)C5)cc4C)c3)ccc21. The van der Waals surface area contributed by atoms with Crippen LogP contribution in [-0.2, 0) is 20.9 Å². The summed E-state index contributed by atoms with van der Waals surface area (Å²) < 4.78 is 22.9. The number of methoxy groups -OCH3 is 1. The zero-order valence-corrected chi connectivity index (χ0v) is 23.0. The van der Waals surface area contributed by atoms with E-state index in [0.717, 1.165) is 58.0 Å². The van der Waals surface area contributed by atoms with Crippen molar-refractivity contribution >= 4 is 11.9 Å². The van der Waals surface area contributed by atoms with Crippen LogP contribution in [-0.4, -0.2) is 49.7 Å². The second-order valence-corrected chi connectivity index (χ2v) is 10.4. The number of hydrogen-bond donors (Lipinski definition) is 0. The lowest BCUT2D eigenvalue weighted by Crippen LogP contribution is -2.28. The topological polar surface area (TPSA) is 74.3 Å². The Labute approximate surface area is 229 Å². The number of likely N-dealkylation sites (tertiary alicyclic amines) is 1. The Morgan fingerprint density at radius 2 is 1.82 bits per heavy atom. The van der Waals surface area contributed by atoms with Crippen molar-refractivity contribution in [3.63, 3.8) is 0 Å². The number of fused-ring (bicyclic) bond motifs is 1. The van der Waals surface area contributed by atoms with E-state index in [4.69, 9.17) is 18.9 Å². The minimum atomic E-state index is -0.237. The number of amides is 1. The lowest BCUT2D eigenvalue weighted by molar-refractivity contribution is -0.141. The number of nitrogens with zero attached hydrogens (tertiary/aromatic N) is 1. The molecule has 0 N–H and O–H groups in total. The number of carbonyl (C=O) groups is 2. The molecule has 2 atom stereocenters. The monoisotopic (exact) mass is 529 g/mol. The molecule has 39 heavy (non-hydrogen) atoms. The largest absolute Gasteiger partial charge is 0.492 e. The van der Waals surface area contributed by atoms with Crippen LogP contribution in [0, 0.1) is 13.8 Å². The lowest BCUT2D eigenvalue weighted by Gasteiger charge is -2.18. The molecule has 7 heteroatoms. The first kappa shape index (κ1) is 26.6. The molecule has 1 fully saturated rings. The first-order chi connectivity index (χ1) is 18.8. The first-order valence-corrected chi connectivity index (χ1v) is 13.4. The maximum Gasteiger partial charge on any atom is 0.306 e. The highest BCUT2D eigenvalue weighted by Gasteiger charge is 2.28. The van der Waals surface area contributed by atoms with Crippen molar-refractivity contribution in [2.75, 3.05) is 26.8 Å². The fourth-order valence-electron chi connectivity index (χ4n) is 5.53. The Bertz CT molecular complexity index is 1360. The smallest absolute Gasteiger partial charge is 0.306 e. The maximum atomic E-state index is 11.7. The molecule has 0 radical (unpaired) electrons. The average Bonchev–Trinajstić information content (AvgIpc) is 3.54. The zero-order valence-electron chi connectivity index (χ0n) is 23.0. The third-order valence-electron chi connectivity index (χ3n) is 7.53. The molecule has 7 nitrogen and oxygen atoms in total. The molecule has 0 aliphatic carbocycles. The third-order valence-corrected chi connectivity index (χ3v) is 7.53. The van der Waals surface area contributed by atoms with E-state index in [1.54, 1.807) is 6.92 Å². The number of rotatable bonds is 8. The van der Waals surface area contributed by atoms with Crippen LogP contribution >= 0.6 is 0 Å². The van der Waals surface area contributed by atoms with Gasteiger partial charge in [-0.15, -0.1) is 0 Å². The fourth-order valence-corrected chi connectivity index (χ4v) is 5.53. The molecule has 1 amide bonds. The maximum absolute atomic E-state index is 11.7. The van der Waals surface area contributed by atoms with Crippen LogP contribution in [0.15, 0.2) is 54.6 Å². The van der Waals surface area contributed by atoms with Crippen molar-refractivity contribution in [2.45, 2.75) is 52.2 Å². The third kappa shape index (κ3) is 6.03. The highest BCUT2D eigenvalue weighted by atomic mass is 16.5. The van der Waals surface area contributed by atoms with Crippen LogP contribution < -0.4 is 14.2 Å². The van der Waals surface area contributed by atoms with Crippen molar-refractivity contribution in [1.82, 2.24) is 4.90 Å². The van der Waals surface area contributed by atoms with Gasteiger partial charge in [0.05, 0.1) is 26.7 Å². The summed E-state index contributed by atoms with van der Waals surface area (Å²) in [5.74, 6) is 2.20. The number of carbonyl (C=O) groups excluding carboxylic acids is 2. The highest BCUT2D eigenvalue weighted by Crippen LogP contribution is 2.39. The fraction of sp³-hybridized carbons (Fsp3) is 0.375. The van der Waals surface area contributed by atoms with E-state index in [9.17, 15) is 9.59 Å². The predicted octanol–water partition coefficient (Wildman–Crippen LogP) is 5.59. The highest BCUT2D eigenvalue weighted by molar-refractivity contribution is 5.74. The molecule has 0 spiro atoms. The number of esters is 1. The molecule has 0 bridgehead atoms. The van der Waals surface area contributed by atoms with Crippen LogP contribution in [0.25, 0.3) is 11.1 Å². The van der Waals surface area contributed by atoms with Gasteiger partial charge in [0.25, 0.3) is 0 Å². The molecule has 2 unspecified atom stereocenters. The molecule has 3 aromatic carbocycles. The van der Waals surface area contributed by atoms with E-state index in [1.165, 1.54) is 12.7 Å². The summed E-state index contributed by atoms with van der Waals surface area (Å²) in [5, 5.41) is 0. The molecule has 2 aliphatic heterocycles. The van der Waals surface area contributed by atoms with Gasteiger partial charge in [-0.1, -0.05) is 24.3 Å². The van der Waals surface area contributed by atoms with Crippen LogP contribution in [0.5, 0.6) is 17.2 Å². The Morgan fingerprint density at radius 1 is 1.03 bits per heavy atom. The average molecular weight is 530 g/mol. The van der Waals surface area contributed by atoms with E-state index >= 15 is 0 Å². The van der Waals surface area contributed by atoms with Gasteiger partial charge in [0, 0.05) is 37.4 Å². The number of ether oxygens (including phenoxy) is 4.